The van der Waals surface area contributed by atoms with E-state index in [9.17, 15) is 4.79 Å². The van der Waals surface area contributed by atoms with E-state index in [-0.39, 0.29) is 5.78 Å². The first-order valence-corrected chi connectivity index (χ1v) is 8.06. The van der Waals surface area contributed by atoms with Crippen molar-refractivity contribution in [3.63, 3.8) is 0 Å². The fourth-order valence-corrected chi connectivity index (χ4v) is 3.27. The lowest BCUT2D eigenvalue weighted by molar-refractivity contribution is 0.0942. The molecule has 1 unspecified atom stereocenters. The number of fused-ring (bicyclic) bond motifs is 1. The van der Waals surface area contributed by atoms with Gasteiger partial charge in [0.2, 0.25) is 0 Å². The minimum Gasteiger partial charge on any atom is -0.453 e. The number of para-hydroxylation sites is 1. The molecule has 0 aliphatic carbocycles. The highest BCUT2D eigenvalue weighted by atomic mass is 16.3. The highest BCUT2D eigenvalue weighted by Crippen LogP contribution is 2.28. The lowest BCUT2D eigenvalue weighted by Gasteiger charge is -2.14. The summed E-state index contributed by atoms with van der Waals surface area (Å²) in [5.41, 5.74) is 1.88. The predicted octanol–water partition coefficient (Wildman–Crippen LogP) is 4.10. The van der Waals surface area contributed by atoms with Crippen LogP contribution in [0.3, 0.4) is 0 Å². The molecule has 2 heterocycles. The molecule has 1 aromatic heterocycles. The van der Waals surface area contributed by atoms with E-state index in [2.05, 4.69) is 12.2 Å². The summed E-state index contributed by atoms with van der Waals surface area (Å²) in [4.78, 5) is 12.6. The molecule has 0 spiro atoms. The third kappa shape index (κ3) is 3.03. The Bertz CT molecular complexity index is 621. The molecule has 1 aromatic carbocycles. The highest BCUT2D eigenvalue weighted by molar-refractivity contribution is 6.00. The van der Waals surface area contributed by atoms with Crippen LogP contribution in [0.4, 0.5) is 0 Å². The number of ketones is 1. The standard InChI is InChI=1S/C18H23NO2/c1-2-14-15-9-5-6-10-17(15)21-18(14)16(20)12-13-8-4-3-7-11-19-13/h5-6,9-10,13,19H,2-4,7-8,11-12H2,1H3. The van der Waals surface area contributed by atoms with Gasteiger partial charge in [0.1, 0.15) is 5.58 Å². The Labute approximate surface area is 125 Å². The molecule has 1 fully saturated rings. The summed E-state index contributed by atoms with van der Waals surface area (Å²) in [6.07, 6.45) is 6.17. The van der Waals surface area contributed by atoms with Crippen molar-refractivity contribution in [2.45, 2.75) is 51.5 Å². The normalized spacial score (nSPS) is 19.6. The minimum atomic E-state index is 0.141. The summed E-state index contributed by atoms with van der Waals surface area (Å²) in [5.74, 6) is 0.715. The molecule has 1 aliphatic rings. The first-order valence-electron chi connectivity index (χ1n) is 8.06. The van der Waals surface area contributed by atoms with Gasteiger partial charge in [0.05, 0.1) is 0 Å². The van der Waals surface area contributed by atoms with Gasteiger partial charge in [-0.1, -0.05) is 38.0 Å². The molecular weight excluding hydrogens is 262 g/mol. The zero-order valence-corrected chi connectivity index (χ0v) is 12.7. The van der Waals surface area contributed by atoms with Crippen molar-refractivity contribution in [1.29, 1.82) is 0 Å². The average Bonchev–Trinajstić information content (AvgIpc) is 2.69. The third-order valence-corrected chi connectivity index (χ3v) is 4.40. The number of aryl methyl sites for hydroxylation is 1. The van der Waals surface area contributed by atoms with Crippen LogP contribution in [0.1, 0.15) is 55.1 Å². The average molecular weight is 285 g/mol. The zero-order chi connectivity index (χ0) is 14.7. The van der Waals surface area contributed by atoms with E-state index in [0.717, 1.165) is 35.9 Å². The van der Waals surface area contributed by atoms with E-state index in [0.29, 0.717) is 18.2 Å². The number of hydrogen-bond acceptors (Lipinski definition) is 3. The third-order valence-electron chi connectivity index (χ3n) is 4.40. The Balaban J connectivity index is 1.83. The first kappa shape index (κ1) is 14.3. The lowest BCUT2D eigenvalue weighted by Crippen LogP contribution is -2.30. The van der Waals surface area contributed by atoms with Crippen LogP contribution in [0, 0.1) is 0 Å². The van der Waals surface area contributed by atoms with Crippen molar-refractivity contribution in [2.24, 2.45) is 0 Å². The van der Waals surface area contributed by atoms with Crippen molar-refractivity contribution >= 4 is 16.8 Å². The molecule has 1 aliphatic heterocycles. The summed E-state index contributed by atoms with van der Waals surface area (Å²) < 4.78 is 5.85. The fourth-order valence-electron chi connectivity index (χ4n) is 3.27. The molecule has 3 rings (SSSR count). The SMILES string of the molecule is CCc1c(C(=O)CC2CCCCCN2)oc2ccccc12. The van der Waals surface area contributed by atoms with Gasteiger partial charge in [0.25, 0.3) is 0 Å². The summed E-state index contributed by atoms with van der Waals surface area (Å²) in [5, 5.41) is 4.57. The summed E-state index contributed by atoms with van der Waals surface area (Å²) in [6, 6.07) is 8.23. The van der Waals surface area contributed by atoms with Gasteiger partial charge in [0.15, 0.2) is 11.5 Å². The maximum Gasteiger partial charge on any atom is 0.199 e. The van der Waals surface area contributed by atoms with Crippen LogP contribution in [0.2, 0.25) is 0 Å². The Hall–Kier alpha value is -1.61. The Morgan fingerprint density at radius 3 is 3.00 bits per heavy atom. The molecule has 1 atom stereocenters. The number of hydrogen-bond donors (Lipinski definition) is 1. The summed E-state index contributed by atoms with van der Waals surface area (Å²) >= 11 is 0. The Morgan fingerprint density at radius 2 is 2.14 bits per heavy atom. The molecule has 3 nitrogen and oxygen atoms in total. The molecule has 0 bridgehead atoms. The number of benzene rings is 1. The quantitative estimate of drug-likeness (QED) is 0.860. The van der Waals surface area contributed by atoms with Crippen LogP contribution < -0.4 is 5.32 Å². The van der Waals surface area contributed by atoms with Gasteiger partial charge < -0.3 is 9.73 Å². The van der Waals surface area contributed by atoms with Crippen molar-refractivity contribution in [2.75, 3.05) is 6.54 Å². The second-order valence-corrected chi connectivity index (χ2v) is 5.89. The van der Waals surface area contributed by atoms with Crippen LogP contribution in [-0.4, -0.2) is 18.4 Å². The van der Waals surface area contributed by atoms with Crippen LogP contribution >= 0.6 is 0 Å². The second kappa shape index (κ2) is 6.44. The number of rotatable bonds is 4. The van der Waals surface area contributed by atoms with E-state index in [1.165, 1.54) is 19.3 Å². The van der Waals surface area contributed by atoms with E-state index < -0.39 is 0 Å². The summed E-state index contributed by atoms with van der Waals surface area (Å²) in [6.45, 7) is 3.11. The molecule has 0 radical (unpaired) electrons. The van der Waals surface area contributed by atoms with Crippen molar-refractivity contribution < 1.29 is 9.21 Å². The number of Topliss-reactive ketones (excluding diaryl/α,β-unsaturated/α-hetero) is 1. The topological polar surface area (TPSA) is 42.2 Å². The van der Waals surface area contributed by atoms with Gasteiger partial charge in [0, 0.05) is 23.4 Å². The van der Waals surface area contributed by atoms with E-state index in [4.69, 9.17) is 4.42 Å². The van der Waals surface area contributed by atoms with Crippen molar-refractivity contribution in [3.8, 4) is 0 Å². The predicted molar refractivity (Wildman–Crippen MR) is 84.8 cm³/mol. The number of carbonyl (C=O) groups is 1. The van der Waals surface area contributed by atoms with Crippen LogP contribution in [-0.2, 0) is 6.42 Å². The first-order chi connectivity index (χ1) is 10.3. The molecule has 112 valence electrons. The molecule has 0 saturated carbocycles. The number of furan rings is 1. The van der Waals surface area contributed by atoms with Crippen molar-refractivity contribution in [1.82, 2.24) is 5.32 Å². The zero-order valence-electron chi connectivity index (χ0n) is 12.7. The van der Waals surface area contributed by atoms with E-state index >= 15 is 0 Å². The molecule has 1 saturated heterocycles. The number of carbonyl (C=O) groups excluding carboxylic acids is 1. The fraction of sp³-hybridized carbons (Fsp3) is 0.500. The molecule has 21 heavy (non-hydrogen) atoms. The maximum atomic E-state index is 12.6. The summed E-state index contributed by atoms with van der Waals surface area (Å²) in [7, 11) is 0. The van der Waals surface area contributed by atoms with Gasteiger partial charge >= 0.3 is 0 Å². The lowest BCUT2D eigenvalue weighted by atomic mass is 10.0. The van der Waals surface area contributed by atoms with Gasteiger partial charge in [-0.3, -0.25) is 4.79 Å². The molecule has 0 amide bonds. The Kier molecular flexibility index (Phi) is 4.39. The molecular formula is C18H23NO2. The maximum absolute atomic E-state index is 12.6. The largest absolute Gasteiger partial charge is 0.453 e. The smallest absolute Gasteiger partial charge is 0.199 e. The van der Waals surface area contributed by atoms with Crippen LogP contribution in [0.15, 0.2) is 28.7 Å². The second-order valence-electron chi connectivity index (χ2n) is 5.89. The minimum absolute atomic E-state index is 0.141. The Morgan fingerprint density at radius 1 is 1.29 bits per heavy atom. The monoisotopic (exact) mass is 285 g/mol. The molecule has 2 aromatic rings. The van der Waals surface area contributed by atoms with Gasteiger partial charge in [-0.25, -0.2) is 0 Å². The number of nitrogens with one attached hydrogen (secondary N) is 1. The van der Waals surface area contributed by atoms with Crippen LogP contribution in [0.5, 0.6) is 0 Å². The van der Waals surface area contributed by atoms with E-state index in [1.807, 2.05) is 24.3 Å². The van der Waals surface area contributed by atoms with E-state index in [1.54, 1.807) is 0 Å². The highest BCUT2D eigenvalue weighted by Gasteiger charge is 2.22. The van der Waals surface area contributed by atoms with Crippen LogP contribution in [0.25, 0.3) is 11.0 Å². The molecule has 1 N–H and O–H groups in total. The molecule has 3 heteroatoms. The van der Waals surface area contributed by atoms with Gasteiger partial charge in [-0.15, -0.1) is 0 Å². The van der Waals surface area contributed by atoms with Gasteiger partial charge in [-0.2, -0.15) is 0 Å². The van der Waals surface area contributed by atoms with Crippen molar-refractivity contribution in [3.05, 3.63) is 35.6 Å². The van der Waals surface area contributed by atoms with Gasteiger partial charge in [-0.05, 0) is 31.9 Å².